The van der Waals surface area contributed by atoms with E-state index in [4.69, 9.17) is 5.73 Å². The predicted molar refractivity (Wildman–Crippen MR) is 62.5 cm³/mol. The lowest BCUT2D eigenvalue weighted by Gasteiger charge is -2.19. The van der Waals surface area contributed by atoms with Crippen molar-refractivity contribution in [2.24, 2.45) is 11.7 Å². The number of nitrogens with two attached hydrogens (primary N) is 1. The molecule has 0 aliphatic carbocycles. The highest BCUT2D eigenvalue weighted by Gasteiger charge is 2.10. The fourth-order valence-electron chi connectivity index (χ4n) is 1.40. The molecule has 0 saturated heterocycles. The van der Waals surface area contributed by atoms with Gasteiger partial charge in [-0.05, 0) is 23.6 Å². The standard InChI is InChI=1S/C12H20N2/c1-9(2)12(13)10-6-5-7-11(8-10)14(3)4/h5-9,12H,13H2,1-4H3/t12-/m1/s1. The lowest BCUT2D eigenvalue weighted by molar-refractivity contribution is 0.514. The molecule has 2 nitrogen and oxygen atoms in total. The van der Waals surface area contributed by atoms with Crippen molar-refractivity contribution in [3.63, 3.8) is 0 Å². The van der Waals surface area contributed by atoms with Gasteiger partial charge < -0.3 is 10.6 Å². The van der Waals surface area contributed by atoms with E-state index in [0.29, 0.717) is 5.92 Å². The van der Waals surface area contributed by atoms with Crippen LogP contribution in [0.15, 0.2) is 24.3 Å². The van der Waals surface area contributed by atoms with Gasteiger partial charge in [-0.1, -0.05) is 26.0 Å². The third-order valence-corrected chi connectivity index (χ3v) is 2.49. The molecule has 2 heteroatoms. The molecule has 0 saturated carbocycles. The molecule has 0 fully saturated rings. The van der Waals surface area contributed by atoms with Crippen LogP contribution in [0, 0.1) is 5.92 Å². The number of hydrogen-bond donors (Lipinski definition) is 1. The Kier molecular flexibility index (Phi) is 3.53. The molecule has 0 aromatic heterocycles. The smallest absolute Gasteiger partial charge is 0.0364 e. The van der Waals surface area contributed by atoms with Gasteiger partial charge in [0.25, 0.3) is 0 Å². The summed E-state index contributed by atoms with van der Waals surface area (Å²) in [5, 5.41) is 0. The molecular weight excluding hydrogens is 172 g/mol. The van der Waals surface area contributed by atoms with E-state index in [1.54, 1.807) is 0 Å². The molecule has 0 unspecified atom stereocenters. The van der Waals surface area contributed by atoms with Crippen LogP contribution >= 0.6 is 0 Å². The molecule has 0 heterocycles. The molecule has 78 valence electrons. The minimum absolute atomic E-state index is 0.134. The minimum Gasteiger partial charge on any atom is -0.378 e. The van der Waals surface area contributed by atoms with Gasteiger partial charge in [-0.2, -0.15) is 0 Å². The van der Waals surface area contributed by atoms with E-state index in [-0.39, 0.29) is 6.04 Å². The Morgan fingerprint density at radius 1 is 1.21 bits per heavy atom. The summed E-state index contributed by atoms with van der Waals surface area (Å²) in [4.78, 5) is 2.09. The minimum atomic E-state index is 0.134. The van der Waals surface area contributed by atoms with Crippen molar-refractivity contribution < 1.29 is 0 Å². The Hall–Kier alpha value is -1.02. The number of anilines is 1. The van der Waals surface area contributed by atoms with Gasteiger partial charge in [-0.3, -0.25) is 0 Å². The van der Waals surface area contributed by atoms with Crippen molar-refractivity contribution in [3.05, 3.63) is 29.8 Å². The van der Waals surface area contributed by atoms with Gasteiger partial charge in [0, 0.05) is 25.8 Å². The van der Waals surface area contributed by atoms with E-state index in [0.717, 1.165) is 0 Å². The van der Waals surface area contributed by atoms with Crippen molar-refractivity contribution in [1.29, 1.82) is 0 Å². The second kappa shape index (κ2) is 4.47. The summed E-state index contributed by atoms with van der Waals surface area (Å²) in [6, 6.07) is 8.54. The van der Waals surface area contributed by atoms with Crippen LogP contribution in [0.4, 0.5) is 5.69 Å². The third kappa shape index (κ3) is 2.48. The zero-order chi connectivity index (χ0) is 10.7. The molecule has 0 aliphatic heterocycles. The van der Waals surface area contributed by atoms with Crippen molar-refractivity contribution >= 4 is 5.69 Å². The monoisotopic (exact) mass is 192 g/mol. The summed E-state index contributed by atoms with van der Waals surface area (Å²) < 4.78 is 0. The fourth-order valence-corrected chi connectivity index (χ4v) is 1.40. The normalized spacial score (nSPS) is 13.0. The van der Waals surface area contributed by atoms with Gasteiger partial charge in [0.1, 0.15) is 0 Å². The zero-order valence-electron chi connectivity index (χ0n) is 9.49. The average Bonchev–Trinajstić information content (AvgIpc) is 2.16. The van der Waals surface area contributed by atoms with Crippen LogP contribution in [0.2, 0.25) is 0 Å². The van der Waals surface area contributed by atoms with Crippen LogP contribution < -0.4 is 10.6 Å². The summed E-state index contributed by atoms with van der Waals surface area (Å²) >= 11 is 0. The fraction of sp³-hybridized carbons (Fsp3) is 0.500. The van der Waals surface area contributed by atoms with Crippen molar-refractivity contribution in [2.75, 3.05) is 19.0 Å². The van der Waals surface area contributed by atoms with Crippen LogP contribution in [-0.4, -0.2) is 14.1 Å². The van der Waals surface area contributed by atoms with E-state index >= 15 is 0 Å². The highest BCUT2D eigenvalue weighted by Crippen LogP contribution is 2.22. The molecule has 14 heavy (non-hydrogen) atoms. The maximum absolute atomic E-state index is 6.09. The van der Waals surface area contributed by atoms with Crippen LogP contribution in [-0.2, 0) is 0 Å². The largest absolute Gasteiger partial charge is 0.378 e. The van der Waals surface area contributed by atoms with Crippen molar-refractivity contribution in [2.45, 2.75) is 19.9 Å². The first kappa shape index (κ1) is 11.1. The van der Waals surface area contributed by atoms with Crippen LogP contribution in [0.3, 0.4) is 0 Å². The van der Waals surface area contributed by atoms with E-state index in [1.807, 2.05) is 14.1 Å². The Balaban J connectivity index is 2.93. The topological polar surface area (TPSA) is 29.3 Å². The predicted octanol–water partition coefficient (Wildman–Crippen LogP) is 2.41. The third-order valence-electron chi connectivity index (χ3n) is 2.49. The molecule has 0 amide bonds. The second-order valence-corrected chi connectivity index (χ2v) is 4.26. The van der Waals surface area contributed by atoms with Crippen molar-refractivity contribution in [3.8, 4) is 0 Å². The number of hydrogen-bond acceptors (Lipinski definition) is 2. The lowest BCUT2D eigenvalue weighted by atomic mass is 9.97. The molecule has 1 rings (SSSR count). The number of nitrogens with zero attached hydrogens (tertiary/aromatic N) is 1. The second-order valence-electron chi connectivity index (χ2n) is 4.26. The van der Waals surface area contributed by atoms with Gasteiger partial charge in [0.05, 0.1) is 0 Å². The molecule has 0 radical (unpaired) electrons. The quantitative estimate of drug-likeness (QED) is 0.797. The summed E-state index contributed by atoms with van der Waals surface area (Å²) in [5.41, 5.74) is 8.51. The van der Waals surface area contributed by atoms with Gasteiger partial charge in [-0.25, -0.2) is 0 Å². The molecular formula is C12H20N2. The van der Waals surface area contributed by atoms with E-state index in [9.17, 15) is 0 Å². The number of rotatable bonds is 3. The van der Waals surface area contributed by atoms with E-state index in [1.165, 1.54) is 11.3 Å². The Morgan fingerprint density at radius 2 is 1.86 bits per heavy atom. The van der Waals surface area contributed by atoms with Gasteiger partial charge in [0.15, 0.2) is 0 Å². The maximum atomic E-state index is 6.09. The SMILES string of the molecule is CC(C)[C@@H](N)c1cccc(N(C)C)c1. The Bertz CT molecular complexity index is 292. The average molecular weight is 192 g/mol. The first-order valence-corrected chi connectivity index (χ1v) is 5.05. The molecule has 0 bridgehead atoms. The zero-order valence-corrected chi connectivity index (χ0v) is 9.49. The van der Waals surface area contributed by atoms with Gasteiger partial charge in [-0.15, -0.1) is 0 Å². The van der Waals surface area contributed by atoms with Gasteiger partial charge >= 0.3 is 0 Å². The summed E-state index contributed by atoms with van der Waals surface area (Å²) in [5.74, 6) is 0.479. The maximum Gasteiger partial charge on any atom is 0.0364 e. The number of benzene rings is 1. The van der Waals surface area contributed by atoms with E-state index < -0.39 is 0 Å². The van der Waals surface area contributed by atoms with Crippen LogP contribution in [0.1, 0.15) is 25.5 Å². The summed E-state index contributed by atoms with van der Waals surface area (Å²) in [6.45, 7) is 4.29. The van der Waals surface area contributed by atoms with Crippen LogP contribution in [0.25, 0.3) is 0 Å². The molecule has 1 aromatic carbocycles. The lowest BCUT2D eigenvalue weighted by Crippen LogP contribution is -2.17. The van der Waals surface area contributed by atoms with Crippen LogP contribution in [0.5, 0.6) is 0 Å². The highest BCUT2D eigenvalue weighted by molar-refractivity contribution is 5.47. The Morgan fingerprint density at radius 3 is 2.36 bits per heavy atom. The Labute approximate surface area is 86.7 Å². The summed E-state index contributed by atoms with van der Waals surface area (Å²) in [7, 11) is 4.08. The molecule has 0 aliphatic rings. The molecule has 1 aromatic rings. The van der Waals surface area contributed by atoms with Crippen molar-refractivity contribution in [1.82, 2.24) is 0 Å². The van der Waals surface area contributed by atoms with E-state index in [2.05, 4.69) is 43.0 Å². The highest BCUT2D eigenvalue weighted by atomic mass is 15.1. The van der Waals surface area contributed by atoms with Gasteiger partial charge in [0.2, 0.25) is 0 Å². The first-order chi connectivity index (χ1) is 6.52. The first-order valence-electron chi connectivity index (χ1n) is 5.05. The summed E-state index contributed by atoms with van der Waals surface area (Å²) in [6.07, 6.45) is 0. The molecule has 1 atom stereocenters. The molecule has 2 N–H and O–H groups in total. The molecule has 0 spiro atoms.